The Morgan fingerprint density at radius 2 is 1.71 bits per heavy atom. The molecule has 0 fully saturated rings. The van der Waals surface area contributed by atoms with Crippen LogP contribution in [0.3, 0.4) is 0 Å². The third-order valence-corrected chi connectivity index (χ3v) is 7.27. The van der Waals surface area contributed by atoms with Gasteiger partial charge in [-0.2, -0.15) is 5.10 Å². The van der Waals surface area contributed by atoms with E-state index in [0.717, 1.165) is 30.6 Å². The van der Waals surface area contributed by atoms with Gasteiger partial charge in [-0.25, -0.2) is 5.43 Å². The predicted molar refractivity (Wildman–Crippen MR) is 119 cm³/mol. The van der Waals surface area contributed by atoms with Crippen molar-refractivity contribution in [3.05, 3.63) is 69.7 Å². The number of aromatic nitrogens is 2. The maximum absolute atomic E-state index is 11.9. The number of carbonyl (C=O) groups is 1. The molecule has 5 nitrogen and oxygen atoms in total. The van der Waals surface area contributed by atoms with Crippen molar-refractivity contribution in [1.82, 2.24) is 15.6 Å². The molecular weight excluding hydrogens is 455 g/mol. The highest BCUT2D eigenvalue weighted by Gasteiger charge is 2.09. The normalized spacial score (nSPS) is 11.1. The molecule has 144 valence electrons. The second kappa shape index (κ2) is 10.8. The molecule has 0 unspecified atom stereocenters. The van der Waals surface area contributed by atoms with Gasteiger partial charge in [-0.1, -0.05) is 94.5 Å². The van der Waals surface area contributed by atoms with Crippen molar-refractivity contribution in [3.63, 3.8) is 0 Å². The molecule has 2 aromatic carbocycles. The molecule has 1 heterocycles. The van der Waals surface area contributed by atoms with Crippen molar-refractivity contribution >= 4 is 70.2 Å². The van der Waals surface area contributed by atoms with Gasteiger partial charge in [0.15, 0.2) is 8.68 Å². The molecule has 0 saturated heterocycles. The molecule has 0 saturated carbocycles. The highest BCUT2D eigenvalue weighted by atomic mass is 35.5. The zero-order valence-electron chi connectivity index (χ0n) is 14.3. The van der Waals surface area contributed by atoms with E-state index in [9.17, 15) is 4.79 Å². The Kier molecular flexibility index (Phi) is 8.17. The van der Waals surface area contributed by atoms with E-state index in [4.69, 9.17) is 23.2 Å². The number of rotatable bonds is 8. The van der Waals surface area contributed by atoms with Crippen molar-refractivity contribution in [1.29, 1.82) is 0 Å². The summed E-state index contributed by atoms with van der Waals surface area (Å²) < 4.78 is 1.56. The van der Waals surface area contributed by atoms with Gasteiger partial charge in [-0.05, 0) is 17.7 Å². The van der Waals surface area contributed by atoms with E-state index >= 15 is 0 Å². The minimum atomic E-state index is -0.228. The monoisotopic (exact) mass is 468 g/mol. The second-order valence-electron chi connectivity index (χ2n) is 5.32. The average molecular weight is 469 g/mol. The Labute approximate surface area is 184 Å². The van der Waals surface area contributed by atoms with Gasteiger partial charge < -0.3 is 0 Å². The summed E-state index contributed by atoms with van der Waals surface area (Å²) in [6.07, 6.45) is 1.51. The number of carbonyl (C=O) groups excluding carboxylic acids is 1. The molecule has 1 aromatic heterocycles. The fourth-order valence-electron chi connectivity index (χ4n) is 1.98. The fourth-order valence-corrected chi connectivity index (χ4v) is 5.26. The maximum atomic E-state index is 11.9. The van der Waals surface area contributed by atoms with Crippen LogP contribution in [0, 0.1) is 0 Å². The van der Waals surface area contributed by atoms with Crippen LogP contribution >= 0.6 is 58.1 Å². The lowest BCUT2D eigenvalue weighted by atomic mass is 10.2. The third-order valence-electron chi connectivity index (χ3n) is 3.32. The van der Waals surface area contributed by atoms with E-state index in [-0.39, 0.29) is 11.7 Å². The van der Waals surface area contributed by atoms with Crippen LogP contribution in [0.5, 0.6) is 0 Å². The first-order valence-electron chi connectivity index (χ1n) is 8.01. The second-order valence-corrected chi connectivity index (χ2v) is 9.55. The summed E-state index contributed by atoms with van der Waals surface area (Å²) in [5, 5.41) is 13.5. The van der Waals surface area contributed by atoms with E-state index in [1.165, 1.54) is 29.3 Å². The fraction of sp³-hybridized carbons (Fsp3) is 0.111. The molecule has 0 aliphatic rings. The van der Waals surface area contributed by atoms with E-state index < -0.39 is 0 Å². The topological polar surface area (TPSA) is 67.2 Å². The molecule has 0 aliphatic heterocycles. The summed E-state index contributed by atoms with van der Waals surface area (Å²) in [7, 11) is 0. The first-order chi connectivity index (χ1) is 13.6. The van der Waals surface area contributed by atoms with Gasteiger partial charge in [0.05, 0.1) is 12.0 Å². The van der Waals surface area contributed by atoms with Crippen LogP contribution in [0.4, 0.5) is 0 Å². The van der Waals surface area contributed by atoms with Crippen LogP contribution in [0.2, 0.25) is 10.0 Å². The molecule has 3 rings (SSSR count). The van der Waals surface area contributed by atoms with Gasteiger partial charge in [0.1, 0.15) is 0 Å². The number of hydrogen-bond donors (Lipinski definition) is 1. The molecule has 0 atom stereocenters. The molecule has 0 spiro atoms. The number of halogens is 2. The van der Waals surface area contributed by atoms with Gasteiger partial charge in [-0.15, -0.1) is 10.2 Å². The summed E-state index contributed by atoms with van der Waals surface area (Å²) in [5.74, 6) is 0.689. The molecule has 3 aromatic rings. The van der Waals surface area contributed by atoms with Crippen molar-refractivity contribution in [2.75, 3.05) is 5.75 Å². The van der Waals surface area contributed by atoms with Crippen molar-refractivity contribution in [2.45, 2.75) is 14.4 Å². The lowest BCUT2D eigenvalue weighted by Gasteiger charge is -2.00. The van der Waals surface area contributed by atoms with Crippen molar-refractivity contribution in [2.24, 2.45) is 5.10 Å². The number of hydrogen-bond acceptors (Lipinski definition) is 7. The number of benzene rings is 2. The summed E-state index contributed by atoms with van der Waals surface area (Å²) in [6, 6.07) is 15.0. The number of thioether (sulfide) groups is 2. The lowest BCUT2D eigenvalue weighted by molar-refractivity contribution is -0.118. The largest absolute Gasteiger partial charge is 0.272 e. The number of nitrogens with zero attached hydrogens (tertiary/aromatic N) is 3. The number of hydrazone groups is 1. The molecule has 0 bridgehead atoms. The summed E-state index contributed by atoms with van der Waals surface area (Å²) >= 11 is 16.5. The Morgan fingerprint density at radius 1 is 1.04 bits per heavy atom. The van der Waals surface area contributed by atoms with Crippen LogP contribution in [-0.2, 0) is 10.5 Å². The standard InChI is InChI=1S/C18H14Cl2N4OS3/c19-14-7-3-1-5-12(14)9-21-22-16(25)11-27-18-24-23-17(28-18)26-10-13-6-2-4-8-15(13)20/h1-9H,10-11H2,(H,22,25)/b21-9-. The Hall–Kier alpha value is -1.58. The highest BCUT2D eigenvalue weighted by Crippen LogP contribution is 2.32. The average Bonchev–Trinajstić information content (AvgIpc) is 3.15. The van der Waals surface area contributed by atoms with Gasteiger partial charge in [-0.3, -0.25) is 4.79 Å². The van der Waals surface area contributed by atoms with Gasteiger partial charge in [0.25, 0.3) is 5.91 Å². The van der Waals surface area contributed by atoms with Crippen LogP contribution in [0.15, 0.2) is 62.3 Å². The first kappa shape index (κ1) is 21.1. The summed E-state index contributed by atoms with van der Waals surface area (Å²) in [5.41, 5.74) is 4.26. The van der Waals surface area contributed by atoms with Crippen LogP contribution in [-0.4, -0.2) is 28.1 Å². The smallest absolute Gasteiger partial charge is 0.250 e. The summed E-state index contributed by atoms with van der Waals surface area (Å²) in [6.45, 7) is 0. The van der Waals surface area contributed by atoms with Crippen LogP contribution in [0.1, 0.15) is 11.1 Å². The van der Waals surface area contributed by atoms with E-state index in [2.05, 4.69) is 20.7 Å². The van der Waals surface area contributed by atoms with E-state index in [1.54, 1.807) is 17.8 Å². The van der Waals surface area contributed by atoms with Crippen LogP contribution in [0.25, 0.3) is 0 Å². The highest BCUT2D eigenvalue weighted by molar-refractivity contribution is 8.03. The molecule has 0 aliphatic carbocycles. The maximum Gasteiger partial charge on any atom is 0.250 e. The molecule has 1 N–H and O–H groups in total. The Morgan fingerprint density at radius 3 is 2.46 bits per heavy atom. The lowest BCUT2D eigenvalue weighted by Crippen LogP contribution is -2.19. The van der Waals surface area contributed by atoms with E-state index in [0.29, 0.717) is 5.02 Å². The van der Waals surface area contributed by atoms with Gasteiger partial charge in [0.2, 0.25) is 0 Å². The summed E-state index contributed by atoms with van der Waals surface area (Å²) in [4.78, 5) is 11.9. The van der Waals surface area contributed by atoms with Crippen molar-refractivity contribution < 1.29 is 4.79 Å². The number of nitrogens with one attached hydrogen (secondary N) is 1. The van der Waals surface area contributed by atoms with Crippen molar-refractivity contribution in [3.8, 4) is 0 Å². The Bertz CT molecular complexity index is 981. The van der Waals surface area contributed by atoms with Crippen LogP contribution < -0.4 is 5.43 Å². The number of amides is 1. The SMILES string of the molecule is O=C(CSc1nnc(SCc2ccccc2Cl)s1)N/N=C\c1ccccc1Cl. The quantitative estimate of drug-likeness (QED) is 0.273. The molecule has 10 heteroatoms. The zero-order valence-corrected chi connectivity index (χ0v) is 18.3. The van der Waals surface area contributed by atoms with Gasteiger partial charge in [0, 0.05) is 21.4 Å². The molecule has 1 amide bonds. The van der Waals surface area contributed by atoms with Gasteiger partial charge >= 0.3 is 0 Å². The van der Waals surface area contributed by atoms with E-state index in [1.807, 2.05) is 42.5 Å². The minimum Gasteiger partial charge on any atom is -0.272 e. The zero-order chi connectivity index (χ0) is 19.8. The Balaban J connectivity index is 1.43. The third kappa shape index (κ3) is 6.49. The molecular formula is C18H14Cl2N4OS3. The minimum absolute atomic E-state index is 0.198. The molecule has 0 radical (unpaired) electrons. The molecule has 28 heavy (non-hydrogen) atoms. The first-order valence-corrected chi connectivity index (χ1v) is 11.5. The predicted octanol–water partition coefficient (Wildman–Crippen LogP) is 5.38.